The third kappa shape index (κ3) is 5.88. The number of methoxy groups -OCH3 is 2. The van der Waals surface area contributed by atoms with Gasteiger partial charge in [-0.05, 0) is 42.0 Å². The van der Waals surface area contributed by atoms with E-state index in [1.807, 2.05) is 0 Å². The minimum absolute atomic E-state index is 0.127. The average molecular weight is 428 g/mol. The van der Waals surface area contributed by atoms with Crippen LogP contribution in [0, 0.1) is 0 Å². The Bertz CT molecular complexity index is 1020. The van der Waals surface area contributed by atoms with Crippen molar-refractivity contribution in [1.82, 2.24) is 15.2 Å². The van der Waals surface area contributed by atoms with Crippen molar-refractivity contribution in [3.63, 3.8) is 0 Å². The second-order valence-electron chi connectivity index (χ2n) is 5.83. The number of H-pyrrole nitrogens is 1. The molecule has 0 bridgehead atoms. The van der Waals surface area contributed by atoms with Gasteiger partial charge in [-0.2, -0.15) is 10.1 Å². The highest BCUT2D eigenvalue weighted by Gasteiger charge is 2.10. The van der Waals surface area contributed by atoms with E-state index in [1.165, 1.54) is 18.9 Å². The number of carbonyl (C=O) groups is 1. The van der Waals surface area contributed by atoms with E-state index in [4.69, 9.17) is 9.47 Å². The van der Waals surface area contributed by atoms with Crippen molar-refractivity contribution in [3.05, 3.63) is 48.0 Å². The summed E-state index contributed by atoms with van der Waals surface area (Å²) in [5, 5.41) is 23.2. The largest absolute Gasteiger partial charge is 0.508 e. The number of thioether (sulfide) groups is 1. The molecule has 1 aromatic heterocycles. The summed E-state index contributed by atoms with van der Waals surface area (Å²) in [4.78, 5) is 16.4. The summed E-state index contributed by atoms with van der Waals surface area (Å²) < 4.78 is 10.4. The number of rotatable bonds is 9. The van der Waals surface area contributed by atoms with Crippen molar-refractivity contribution in [2.75, 3.05) is 30.7 Å². The number of aromatic amines is 1. The molecule has 2 aromatic carbocycles. The topological polar surface area (TPSA) is 134 Å². The van der Waals surface area contributed by atoms with E-state index in [0.717, 1.165) is 5.56 Å². The van der Waals surface area contributed by atoms with Crippen molar-refractivity contribution >= 4 is 35.5 Å². The standard InChI is InChI=1S/C19H20N6O4S/c1-28-15-8-5-13(9-16(15)29-2)21-17(27)11-30-19-22-18(24-25-19)23-20-10-12-3-6-14(26)7-4-12/h3-10,26H,11H2,1-2H3,(H,21,27)(H2,22,23,24,25)/b20-10-. The molecule has 156 valence electrons. The number of aromatic nitrogens is 3. The van der Waals surface area contributed by atoms with Crippen LogP contribution in [0.3, 0.4) is 0 Å². The molecule has 0 aliphatic heterocycles. The monoisotopic (exact) mass is 428 g/mol. The maximum atomic E-state index is 12.2. The Labute approximate surface area is 176 Å². The van der Waals surface area contributed by atoms with Gasteiger partial charge >= 0.3 is 0 Å². The Balaban J connectivity index is 1.47. The number of hydrogen-bond acceptors (Lipinski definition) is 9. The lowest BCUT2D eigenvalue weighted by Gasteiger charge is -2.10. The molecule has 30 heavy (non-hydrogen) atoms. The average Bonchev–Trinajstić information content (AvgIpc) is 3.21. The molecule has 0 aliphatic rings. The number of phenolic OH excluding ortho intramolecular Hbond substituents is 1. The molecule has 0 saturated carbocycles. The van der Waals surface area contributed by atoms with Crippen LogP contribution in [-0.4, -0.2) is 52.4 Å². The van der Waals surface area contributed by atoms with Gasteiger partial charge in [0.1, 0.15) is 5.75 Å². The molecule has 0 spiro atoms. The van der Waals surface area contributed by atoms with Crippen molar-refractivity contribution in [1.29, 1.82) is 0 Å². The number of benzene rings is 2. The molecule has 0 aliphatic carbocycles. The Morgan fingerprint density at radius 3 is 2.70 bits per heavy atom. The zero-order chi connectivity index (χ0) is 21.3. The van der Waals surface area contributed by atoms with Crippen LogP contribution in [0.1, 0.15) is 5.56 Å². The lowest BCUT2D eigenvalue weighted by molar-refractivity contribution is -0.113. The Kier molecular flexibility index (Phi) is 7.11. The minimum Gasteiger partial charge on any atom is -0.508 e. The lowest BCUT2D eigenvalue weighted by Crippen LogP contribution is -2.14. The SMILES string of the molecule is COc1ccc(NC(=O)CSc2n[nH]c(N/N=C\c3ccc(O)cc3)n2)cc1OC. The number of aromatic hydroxyl groups is 1. The first-order valence-corrected chi connectivity index (χ1v) is 9.71. The molecule has 0 fully saturated rings. The number of nitrogens with zero attached hydrogens (tertiary/aromatic N) is 3. The van der Waals surface area contributed by atoms with Crippen LogP contribution in [0.25, 0.3) is 0 Å². The molecule has 3 rings (SSSR count). The number of anilines is 2. The summed E-state index contributed by atoms with van der Waals surface area (Å²) >= 11 is 1.18. The first-order chi connectivity index (χ1) is 14.6. The quantitative estimate of drug-likeness (QED) is 0.232. The molecule has 0 saturated heterocycles. The van der Waals surface area contributed by atoms with Gasteiger partial charge in [0.15, 0.2) is 11.5 Å². The predicted molar refractivity (Wildman–Crippen MR) is 115 cm³/mol. The van der Waals surface area contributed by atoms with Gasteiger partial charge in [0.2, 0.25) is 17.0 Å². The van der Waals surface area contributed by atoms with Crippen molar-refractivity contribution in [2.24, 2.45) is 5.10 Å². The summed E-state index contributed by atoms with van der Waals surface area (Å²) in [6.07, 6.45) is 1.57. The van der Waals surface area contributed by atoms with Gasteiger partial charge in [0.05, 0.1) is 26.2 Å². The maximum absolute atomic E-state index is 12.2. The normalized spacial score (nSPS) is 10.7. The van der Waals surface area contributed by atoms with Gasteiger partial charge in [-0.1, -0.05) is 11.8 Å². The summed E-state index contributed by atoms with van der Waals surface area (Å²) in [6, 6.07) is 11.7. The molecule has 11 heteroatoms. The number of hydrogen-bond donors (Lipinski definition) is 4. The maximum Gasteiger partial charge on any atom is 0.240 e. The zero-order valence-corrected chi connectivity index (χ0v) is 17.1. The number of amides is 1. The molecule has 0 radical (unpaired) electrons. The first kappa shape index (κ1) is 21.0. The van der Waals surface area contributed by atoms with Gasteiger partial charge in [-0.25, -0.2) is 10.5 Å². The fourth-order valence-corrected chi connectivity index (χ4v) is 2.93. The number of phenols is 1. The summed E-state index contributed by atoms with van der Waals surface area (Å²) in [5.74, 6) is 1.55. The zero-order valence-electron chi connectivity index (χ0n) is 16.2. The van der Waals surface area contributed by atoms with Crippen molar-refractivity contribution in [3.8, 4) is 17.2 Å². The third-order valence-corrected chi connectivity index (χ3v) is 4.59. The van der Waals surface area contributed by atoms with Gasteiger partial charge in [0, 0.05) is 11.8 Å². The molecule has 1 amide bonds. The van der Waals surface area contributed by atoms with Crippen LogP contribution < -0.4 is 20.2 Å². The fourth-order valence-electron chi connectivity index (χ4n) is 2.33. The molecule has 3 aromatic rings. The fraction of sp³-hybridized carbons (Fsp3) is 0.158. The second kappa shape index (κ2) is 10.2. The van der Waals surface area contributed by atoms with Gasteiger partial charge < -0.3 is 19.9 Å². The van der Waals surface area contributed by atoms with Gasteiger partial charge in [-0.15, -0.1) is 5.10 Å². The van der Waals surface area contributed by atoms with Crippen LogP contribution in [-0.2, 0) is 4.79 Å². The van der Waals surface area contributed by atoms with Crippen LogP contribution in [0.2, 0.25) is 0 Å². The highest BCUT2D eigenvalue weighted by Crippen LogP contribution is 2.29. The summed E-state index contributed by atoms with van der Waals surface area (Å²) in [7, 11) is 3.08. The van der Waals surface area contributed by atoms with Crippen LogP contribution in [0.15, 0.2) is 52.7 Å². The van der Waals surface area contributed by atoms with Crippen LogP contribution in [0.4, 0.5) is 11.6 Å². The summed E-state index contributed by atoms with van der Waals surface area (Å²) in [6.45, 7) is 0. The molecule has 1 heterocycles. The molecular weight excluding hydrogens is 408 g/mol. The van der Waals surface area contributed by atoms with Crippen molar-refractivity contribution in [2.45, 2.75) is 5.16 Å². The smallest absolute Gasteiger partial charge is 0.240 e. The molecular formula is C19H20N6O4S. The van der Waals surface area contributed by atoms with E-state index in [-0.39, 0.29) is 17.4 Å². The number of hydrazone groups is 1. The molecule has 0 unspecified atom stereocenters. The van der Waals surface area contributed by atoms with Gasteiger partial charge in [0.25, 0.3) is 0 Å². The van der Waals surface area contributed by atoms with E-state index >= 15 is 0 Å². The van der Waals surface area contributed by atoms with E-state index in [2.05, 4.69) is 31.0 Å². The van der Waals surface area contributed by atoms with Crippen molar-refractivity contribution < 1.29 is 19.4 Å². The van der Waals surface area contributed by atoms with Crippen LogP contribution in [0.5, 0.6) is 17.2 Å². The Morgan fingerprint density at radius 1 is 1.20 bits per heavy atom. The number of carbonyl (C=O) groups excluding carboxylic acids is 1. The minimum atomic E-state index is -0.211. The second-order valence-corrected chi connectivity index (χ2v) is 6.78. The Hall–Kier alpha value is -3.73. The number of nitrogens with one attached hydrogen (secondary N) is 3. The van der Waals surface area contributed by atoms with E-state index in [0.29, 0.717) is 28.3 Å². The molecule has 4 N–H and O–H groups in total. The lowest BCUT2D eigenvalue weighted by atomic mass is 10.2. The molecule has 0 atom stereocenters. The van der Waals surface area contributed by atoms with E-state index < -0.39 is 0 Å². The Morgan fingerprint density at radius 2 is 1.97 bits per heavy atom. The highest BCUT2D eigenvalue weighted by atomic mass is 32.2. The summed E-state index contributed by atoms with van der Waals surface area (Å²) in [5.41, 5.74) is 4.12. The number of ether oxygens (including phenoxy) is 2. The van der Waals surface area contributed by atoms with Crippen LogP contribution >= 0.6 is 11.8 Å². The van der Waals surface area contributed by atoms with E-state index in [1.54, 1.807) is 55.8 Å². The molecule has 10 nitrogen and oxygen atoms in total. The van der Waals surface area contributed by atoms with E-state index in [9.17, 15) is 9.90 Å². The third-order valence-electron chi connectivity index (χ3n) is 3.74. The highest BCUT2D eigenvalue weighted by molar-refractivity contribution is 7.99. The predicted octanol–water partition coefficient (Wildman–Crippen LogP) is 2.70. The van der Waals surface area contributed by atoms with Gasteiger partial charge in [-0.3, -0.25) is 4.79 Å². The first-order valence-electron chi connectivity index (χ1n) is 8.72.